The van der Waals surface area contributed by atoms with Crippen molar-refractivity contribution in [3.8, 4) is 0 Å². The Balaban J connectivity index is 1.57. The third kappa shape index (κ3) is 4.62. The third-order valence-electron chi connectivity index (χ3n) is 4.77. The lowest BCUT2D eigenvalue weighted by Gasteiger charge is -2.26. The van der Waals surface area contributed by atoms with Gasteiger partial charge in [0.15, 0.2) is 0 Å². The molecule has 1 N–H and O–H groups in total. The van der Waals surface area contributed by atoms with E-state index in [9.17, 15) is 18.8 Å². The van der Waals surface area contributed by atoms with Crippen LogP contribution in [0.5, 0.6) is 0 Å². The van der Waals surface area contributed by atoms with Crippen molar-refractivity contribution in [3.63, 3.8) is 0 Å². The fraction of sp³-hybridized carbons (Fsp3) is 0.0417. The number of imide groups is 2. The molecule has 1 aliphatic rings. The number of nitrogens with one attached hydrogen (secondary N) is 1. The summed E-state index contributed by atoms with van der Waals surface area (Å²) in [5, 5.41) is 2.20. The molecule has 3 aromatic carbocycles. The van der Waals surface area contributed by atoms with Gasteiger partial charge >= 0.3 is 6.03 Å². The maximum Gasteiger partial charge on any atom is 0.335 e. The van der Waals surface area contributed by atoms with Gasteiger partial charge in [-0.2, -0.15) is 0 Å². The van der Waals surface area contributed by atoms with Gasteiger partial charge in [0, 0.05) is 4.47 Å². The van der Waals surface area contributed by atoms with Crippen molar-refractivity contribution >= 4 is 45.5 Å². The number of rotatable bonds is 4. The molecule has 0 atom stereocenters. The van der Waals surface area contributed by atoms with Crippen LogP contribution in [0.15, 0.2) is 82.8 Å². The molecule has 31 heavy (non-hydrogen) atoms. The van der Waals surface area contributed by atoms with Gasteiger partial charge in [-0.15, -0.1) is 0 Å². The Morgan fingerprint density at radius 3 is 2.29 bits per heavy atom. The molecule has 0 aliphatic carbocycles. The molecule has 4 rings (SSSR count). The number of hydrogen-bond donors (Lipinski definition) is 1. The van der Waals surface area contributed by atoms with Gasteiger partial charge in [-0.25, -0.2) is 14.1 Å². The fourth-order valence-electron chi connectivity index (χ4n) is 3.26. The second-order valence-corrected chi connectivity index (χ2v) is 7.90. The Labute approximate surface area is 186 Å². The molecule has 0 spiro atoms. The van der Waals surface area contributed by atoms with Gasteiger partial charge in [0.25, 0.3) is 11.8 Å². The van der Waals surface area contributed by atoms with Gasteiger partial charge in [0.05, 0.1) is 5.69 Å². The van der Waals surface area contributed by atoms with E-state index in [0.717, 1.165) is 20.5 Å². The normalized spacial score (nSPS) is 15.4. The van der Waals surface area contributed by atoms with E-state index in [1.54, 1.807) is 42.5 Å². The maximum absolute atomic E-state index is 13.4. The van der Waals surface area contributed by atoms with Crippen LogP contribution in [0.4, 0.5) is 14.9 Å². The Bertz CT molecular complexity index is 1200. The quantitative estimate of drug-likeness (QED) is 0.430. The van der Waals surface area contributed by atoms with E-state index in [4.69, 9.17) is 0 Å². The molecule has 1 aliphatic heterocycles. The SMILES string of the molecule is O=C1NC(=O)N(c2ccc(Br)cc2)C(=O)/C1=C/c1ccc(Cc2cccc(F)c2)cc1. The van der Waals surface area contributed by atoms with Crippen molar-refractivity contribution in [2.24, 2.45) is 0 Å². The highest BCUT2D eigenvalue weighted by Gasteiger charge is 2.36. The van der Waals surface area contributed by atoms with Crippen LogP contribution in [0.3, 0.4) is 0 Å². The molecular weight excluding hydrogens is 463 g/mol. The Morgan fingerprint density at radius 1 is 0.903 bits per heavy atom. The van der Waals surface area contributed by atoms with Gasteiger partial charge in [-0.05, 0) is 65.6 Å². The van der Waals surface area contributed by atoms with Crippen molar-refractivity contribution in [1.82, 2.24) is 5.32 Å². The molecule has 1 fully saturated rings. The maximum atomic E-state index is 13.4. The molecule has 154 valence electrons. The van der Waals surface area contributed by atoms with Crippen LogP contribution >= 0.6 is 15.9 Å². The Hall–Kier alpha value is -3.58. The zero-order valence-electron chi connectivity index (χ0n) is 16.1. The molecule has 0 radical (unpaired) electrons. The minimum atomic E-state index is -0.792. The van der Waals surface area contributed by atoms with Crippen molar-refractivity contribution in [2.75, 3.05) is 4.90 Å². The first kappa shape index (κ1) is 20.7. The largest absolute Gasteiger partial charge is 0.335 e. The zero-order chi connectivity index (χ0) is 22.0. The predicted molar refractivity (Wildman–Crippen MR) is 119 cm³/mol. The van der Waals surface area contributed by atoms with Crippen molar-refractivity contribution in [1.29, 1.82) is 0 Å². The van der Waals surface area contributed by atoms with Crippen LogP contribution in [-0.2, 0) is 16.0 Å². The number of halogens is 2. The summed E-state index contributed by atoms with van der Waals surface area (Å²) in [5.41, 5.74) is 2.65. The zero-order valence-corrected chi connectivity index (χ0v) is 17.7. The van der Waals surface area contributed by atoms with Crippen molar-refractivity contribution < 1.29 is 18.8 Å². The number of carbonyl (C=O) groups is 3. The fourth-order valence-corrected chi connectivity index (χ4v) is 3.53. The van der Waals surface area contributed by atoms with Crippen LogP contribution in [0.1, 0.15) is 16.7 Å². The Morgan fingerprint density at radius 2 is 1.61 bits per heavy atom. The average molecular weight is 479 g/mol. The molecule has 5 nitrogen and oxygen atoms in total. The summed E-state index contributed by atoms with van der Waals surface area (Å²) in [5.74, 6) is -1.72. The molecule has 0 bridgehead atoms. The van der Waals surface area contributed by atoms with Gasteiger partial charge in [0.2, 0.25) is 0 Å². The van der Waals surface area contributed by atoms with Gasteiger partial charge in [-0.1, -0.05) is 52.3 Å². The number of hydrogen-bond acceptors (Lipinski definition) is 3. The lowest BCUT2D eigenvalue weighted by molar-refractivity contribution is -0.122. The smallest absolute Gasteiger partial charge is 0.273 e. The molecule has 0 aromatic heterocycles. The number of barbiturate groups is 1. The number of carbonyl (C=O) groups excluding carboxylic acids is 3. The third-order valence-corrected chi connectivity index (χ3v) is 5.30. The van der Waals surface area contributed by atoms with Crippen LogP contribution < -0.4 is 10.2 Å². The lowest BCUT2D eigenvalue weighted by Crippen LogP contribution is -2.54. The first-order valence-corrected chi connectivity index (χ1v) is 10.2. The molecule has 0 unspecified atom stereocenters. The first-order chi connectivity index (χ1) is 14.9. The van der Waals surface area contributed by atoms with Crippen molar-refractivity contribution in [2.45, 2.75) is 6.42 Å². The summed E-state index contributed by atoms with van der Waals surface area (Å²) in [6.45, 7) is 0. The minimum Gasteiger partial charge on any atom is -0.273 e. The van der Waals surface area contributed by atoms with E-state index in [2.05, 4.69) is 21.2 Å². The topological polar surface area (TPSA) is 66.5 Å². The van der Waals surface area contributed by atoms with Crippen molar-refractivity contribution in [3.05, 3.63) is 105 Å². The second-order valence-electron chi connectivity index (χ2n) is 6.98. The molecule has 7 heteroatoms. The molecule has 1 heterocycles. The van der Waals surface area contributed by atoms with Gasteiger partial charge in [0.1, 0.15) is 11.4 Å². The van der Waals surface area contributed by atoms with E-state index in [0.29, 0.717) is 17.7 Å². The standard InChI is InChI=1S/C24H16BrFN2O3/c25-18-8-10-20(11-9-18)28-23(30)21(22(29)27-24(28)31)14-16-6-4-15(5-7-16)12-17-2-1-3-19(26)13-17/h1-11,13-14H,12H2,(H,27,29,31)/b21-14+. The highest BCUT2D eigenvalue weighted by Crippen LogP contribution is 2.24. The molecule has 3 aromatic rings. The summed E-state index contributed by atoms with van der Waals surface area (Å²) >= 11 is 3.31. The molecule has 1 saturated heterocycles. The number of anilines is 1. The van der Waals surface area contributed by atoms with Crippen LogP contribution in [0.2, 0.25) is 0 Å². The van der Waals surface area contributed by atoms with E-state index >= 15 is 0 Å². The highest BCUT2D eigenvalue weighted by atomic mass is 79.9. The average Bonchev–Trinajstić information content (AvgIpc) is 2.73. The summed E-state index contributed by atoms with van der Waals surface area (Å²) < 4.78 is 14.2. The van der Waals surface area contributed by atoms with E-state index in [-0.39, 0.29) is 11.4 Å². The molecule has 0 saturated carbocycles. The molecule has 4 amide bonds. The lowest BCUT2D eigenvalue weighted by atomic mass is 10.0. The summed E-state index contributed by atoms with van der Waals surface area (Å²) in [6.07, 6.45) is 2.00. The summed E-state index contributed by atoms with van der Waals surface area (Å²) in [4.78, 5) is 38.4. The molecular formula is C24H16BrFN2O3. The van der Waals surface area contributed by atoms with Crippen LogP contribution in [-0.4, -0.2) is 17.8 Å². The highest BCUT2D eigenvalue weighted by molar-refractivity contribution is 9.10. The summed E-state index contributed by atoms with van der Waals surface area (Å²) in [7, 11) is 0. The Kier molecular flexibility index (Phi) is 5.77. The van der Waals surface area contributed by atoms with E-state index in [1.165, 1.54) is 18.2 Å². The number of nitrogens with zero attached hydrogens (tertiary/aromatic N) is 1. The van der Waals surface area contributed by atoms with E-state index < -0.39 is 17.8 Å². The summed E-state index contributed by atoms with van der Waals surface area (Å²) in [6, 6.07) is 19.4. The predicted octanol–water partition coefficient (Wildman–Crippen LogP) is 4.85. The monoisotopic (exact) mass is 478 g/mol. The van der Waals surface area contributed by atoms with Gasteiger partial charge < -0.3 is 0 Å². The van der Waals surface area contributed by atoms with E-state index in [1.807, 2.05) is 18.2 Å². The minimum absolute atomic E-state index is 0.139. The first-order valence-electron chi connectivity index (χ1n) is 9.41. The van der Waals surface area contributed by atoms with Gasteiger partial charge in [-0.3, -0.25) is 14.9 Å². The number of benzene rings is 3. The number of urea groups is 1. The second kappa shape index (κ2) is 8.65. The van der Waals surface area contributed by atoms with Crippen LogP contribution in [0.25, 0.3) is 6.08 Å². The van der Waals surface area contributed by atoms with Crippen LogP contribution in [0, 0.1) is 5.82 Å². The number of amides is 4.